The Morgan fingerprint density at radius 1 is 0.917 bits per heavy atom. The standard InChI is InChI=1S/C17H10O7/c18-10-5-6-11(24-13(21)7-12(19)20)15-14(10)16(22)8-3-1-2-4-9(8)17(15)23/h1-6,18H,7H2,(H,19,20). The maximum atomic E-state index is 12.7. The van der Waals surface area contributed by atoms with Gasteiger partial charge in [0.05, 0.1) is 11.1 Å². The summed E-state index contributed by atoms with van der Waals surface area (Å²) in [6.07, 6.45) is -0.894. The molecule has 0 saturated carbocycles. The fraction of sp³-hybridized carbons (Fsp3) is 0.0588. The molecule has 0 radical (unpaired) electrons. The number of hydrogen-bond acceptors (Lipinski definition) is 6. The number of phenolic OH excluding ortho intramolecular Hbond substituents is 1. The molecule has 0 amide bonds. The van der Waals surface area contributed by atoms with Crippen molar-refractivity contribution in [1.82, 2.24) is 0 Å². The summed E-state index contributed by atoms with van der Waals surface area (Å²) < 4.78 is 4.91. The van der Waals surface area contributed by atoms with Crippen LogP contribution in [-0.2, 0) is 9.59 Å². The van der Waals surface area contributed by atoms with E-state index in [0.29, 0.717) is 0 Å². The first-order valence-corrected chi connectivity index (χ1v) is 6.87. The molecule has 0 aliphatic heterocycles. The Morgan fingerprint density at radius 2 is 1.50 bits per heavy atom. The Labute approximate surface area is 135 Å². The summed E-state index contributed by atoms with van der Waals surface area (Å²) in [5.41, 5.74) is -0.257. The predicted molar refractivity (Wildman–Crippen MR) is 79.3 cm³/mol. The lowest BCUT2D eigenvalue weighted by Crippen LogP contribution is -2.23. The second kappa shape index (κ2) is 5.62. The number of carboxylic acids is 1. The van der Waals surface area contributed by atoms with E-state index >= 15 is 0 Å². The van der Waals surface area contributed by atoms with Crippen LogP contribution in [0.5, 0.6) is 11.5 Å². The van der Waals surface area contributed by atoms with E-state index in [1.807, 2.05) is 0 Å². The molecule has 0 aromatic heterocycles. The first-order chi connectivity index (χ1) is 11.4. The number of benzene rings is 2. The van der Waals surface area contributed by atoms with E-state index in [4.69, 9.17) is 9.84 Å². The van der Waals surface area contributed by atoms with E-state index in [9.17, 15) is 24.3 Å². The third-order valence-electron chi connectivity index (χ3n) is 3.53. The molecule has 1 aliphatic rings. The number of esters is 1. The number of carbonyl (C=O) groups excluding carboxylic acids is 3. The maximum Gasteiger partial charge on any atom is 0.322 e. The number of carbonyl (C=O) groups is 4. The lowest BCUT2D eigenvalue weighted by Gasteiger charge is -2.20. The topological polar surface area (TPSA) is 118 Å². The van der Waals surface area contributed by atoms with Crippen LogP contribution in [0.3, 0.4) is 0 Å². The molecule has 0 bridgehead atoms. The molecule has 7 nitrogen and oxygen atoms in total. The Morgan fingerprint density at radius 3 is 2.08 bits per heavy atom. The van der Waals surface area contributed by atoms with Crippen molar-refractivity contribution >= 4 is 23.5 Å². The van der Waals surface area contributed by atoms with Gasteiger partial charge in [-0.2, -0.15) is 0 Å². The first kappa shape index (κ1) is 15.4. The summed E-state index contributed by atoms with van der Waals surface area (Å²) >= 11 is 0. The molecule has 0 fully saturated rings. The maximum absolute atomic E-state index is 12.7. The number of ether oxygens (including phenoxy) is 1. The van der Waals surface area contributed by atoms with Crippen LogP contribution < -0.4 is 4.74 Å². The van der Waals surface area contributed by atoms with E-state index in [2.05, 4.69) is 0 Å². The molecule has 2 aromatic rings. The van der Waals surface area contributed by atoms with Crippen LogP contribution in [0, 0.1) is 0 Å². The van der Waals surface area contributed by atoms with Crippen molar-refractivity contribution in [2.75, 3.05) is 0 Å². The van der Waals surface area contributed by atoms with Gasteiger partial charge in [0, 0.05) is 11.1 Å². The molecule has 0 unspecified atom stereocenters. The highest BCUT2D eigenvalue weighted by Gasteiger charge is 2.35. The zero-order valence-electron chi connectivity index (χ0n) is 12.1. The number of aromatic hydroxyl groups is 1. The molecule has 2 aromatic carbocycles. The number of rotatable bonds is 3. The van der Waals surface area contributed by atoms with Crippen LogP contribution in [-0.4, -0.2) is 33.7 Å². The SMILES string of the molecule is O=C(O)CC(=O)Oc1ccc(O)c2c1C(=O)c1ccccc1C2=O. The van der Waals surface area contributed by atoms with Crippen molar-refractivity contribution in [2.45, 2.75) is 6.42 Å². The second-order valence-corrected chi connectivity index (χ2v) is 5.08. The summed E-state index contributed by atoms with van der Waals surface area (Å²) in [5.74, 6) is -4.32. The summed E-state index contributed by atoms with van der Waals surface area (Å²) in [6.45, 7) is 0. The van der Waals surface area contributed by atoms with E-state index in [-0.39, 0.29) is 28.0 Å². The zero-order valence-corrected chi connectivity index (χ0v) is 12.1. The van der Waals surface area contributed by atoms with Gasteiger partial charge < -0.3 is 14.9 Å². The van der Waals surface area contributed by atoms with Crippen molar-refractivity contribution in [3.63, 3.8) is 0 Å². The quantitative estimate of drug-likeness (QED) is 0.426. The van der Waals surface area contributed by atoms with E-state index in [0.717, 1.165) is 12.1 Å². The number of ketones is 2. The number of hydrogen-bond donors (Lipinski definition) is 2. The van der Waals surface area contributed by atoms with Crippen molar-refractivity contribution in [3.05, 3.63) is 58.7 Å². The van der Waals surface area contributed by atoms with Crippen LogP contribution >= 0.6 is 0 Å². The van der Waals surface area contributed by atoms with Gasteiger partial charge in [0.15, 0.2) is 11.6 Å². The van der Waals surface area contributed by atoms with Crippen LogP contribution in [0.25, 0.3) is 0 Å². The molecular weight excluding hydrogens is 316 g/mol. The Kier molecular flexibility index (Phi) is 3.61. The van der Waals surface area contributed by atoms with Gasteiger partial charge in [-0.1, -0.05) is 24.3 Å². The fourth-order valence-electron chi connectivity index (χ4n) is 2.54. The lowest BCUT2D eigenvalue weighted by atomic mass is 9.83. The van der Waals surface area contributed by atoms with Gasteiger partial charge >= 0.3 is 11.9 Å². The van der Waals surface area contributed by atoms with Gasteiger partial charge in [-0.15, -0.1) is 0 Å². The van der Waals surface area contributed by atoms with Gasteiger partial charge in [-0.3, -0.25) is 19.2 Å². The summed E-state index contributed by atoms with van der Waals surface area (Å²) in [7, 11) is 0. The van der Waals surface area contributed by atoms with E-state index in [1.165, 1.54) is 12.1 Å². The molecule has 0 heterocycles. The molecular formula is C17H10O7. The van der Waals surface area contributed by atoms with Crippen LogP contribution in [0.15, 0.2) is 36.4 Å². The minimum absolute atomic E-state index is 0.121. The van der Waals surface area contributed by atoms with E-state index < -0.39 is 35.7 Å². The number of carboxylic acid groups (broad SMARTS) is 1. The number of phenols is 1. The molecule has 120 valence electrons. The molecule has 0 saturated heterocycles. The molecule has 2 N–H and O–H groups in total. The van der Waals surface area contributed by atoms with Crippen LogP contribution in [0.2, 0.25) is 0 Å². The number of fused-ring (bicyclic) bond motifs is 2. The molecule has 1 aliphatic carbocycles. The van der Waals surface area contributed by atoms with Crippen LogP contribution in [0.4, 0.5) is 0 Å². The Hall–Kier alpha value is -3.48. The van der Waals surface area contributed by atoms with Gasteiger partial charge in [0.1, 0.15) is 17.9 Å². The minimum atomic E-state index is -1.39. The highest BCUT2D eigenvalue weighted by atomic mass is 16.5. The average Bonchev–Trinajstić information content (AvgIpc) is 2.53. The van der Waals surface area contributed by atoms with Crippen molar-refractivity contribution < 1.29 is 34.1 Å². The van der Waals surface area contributed by atoms with Gasteiger partial charge in [0.25, 0.3) is 0 Å². The fourth-order valence-corrected chi connectivity index (χ4v) is 2.54. The monoisotopic (exact) mass is 326 g/mol. The average molecular weight is 326 g/mol. The zero-order chi connectivity index (χ0) is 17.4. The van der Waals surface area contributed by atoms with E-state index in [1.54, 1.807) is 12.1 Å². The number of aliphatic carboxylic acids is 1. The molecule has 24 heavy (non-hydrogen) atoms. The summed E-state index contributed by atoms with van der Waals surface area (Å²) in [6, 6.07) is 8.33. The van der Waals surface area contributed by atoms with Crippen molar-refractivity contribution in [1.29, 1.82) is 0 Å². The van der Waals surface area contributed by atoms with Crippen molar-refractivity contribution in [3.8, 4) is 11.5 Å². The molecule has 3 rings (SSSR count). The summed E-state index contributed by atoms with van der Waals surface area (Å²) in [5, 5.41) is 18.6. The first-order valence-electron chi connectivity index (χ1n) is 6.87. The van der Waals surface area contributed by atoms with Gasteiger partial charge in [-0.05, 0) is 12.1 Å². The predicted octanol–water partition coefficient (Wildman–Crippen LogP) is 1.55. The molecule has 7 heteroatoms. The Balaban J connectivity index is 2.14. The summed E-state index contributed by atoms with van der Waals surface area (Å²) in [4.78, 5) is 47.3. The van der Waals surface area contributed by atoms with Crippen molar-refractivity contribution in [2.24, 2.45) is 0 Å². The van der Waals surface area contributed by atoms with Gasteiger partial charge in [0.2, 0.25) is 0 Å². The third-order valence-corrected chi connectivity index (χ3v) is 3.53. The molecule has 0 spiro atoms. The minimum Gasteiger partial charge on any atom is -0.507 e. The largest absolute Gasteiger partial charge is 0.507 e. The Bertz CT molecular complexity index is 911. The van der Waals surface area contributed by atoms with Crippen LogP contribution in [0.1, 0.15) is 38.3 Å². The molecule has 0 atom stereocenters. The second-order valence-electron chi connectivity index (χ2n) is 5.08. The van der Waals surface area contributed by atoms with Gasteiger partial charge in [-0.25, -0.2) is 0 Å². The smallest absolute Gasteiger partial charge is 0.322 e. The third kappa shape index (κ3) is 2.41. The highest BCUT2D eigenvalue weighted by molar-refractivity contribution is 6.30. The lowest BCUT2D eigenvalue weighted by molar-refractivity contribution is -0.145. The highest BCUT2D eigenvalue weighted by Crippen LogP contribution is 2.38. The normalized spacial score (nSPS) is 12.3.